The average molecular weight is 278 g/mol. The summed E-state index contributed by atoms with van der Waals surface area (Å²) < 4.78 is 11.2. The van der Waals surface area contributed by atoms with Crippen LogP contribution in [0.5, 0.6) is 5.75 Å². The van der Waals surface area contributed by atoms with Gasteiger partial charge in [0.25, 0.3) is 0 Å². The van der Waals surface area contributed by atoms with Crippen LogP contribution < -0.4 is 15.8 Å². The fourth-order valence-electron chi connectivity index (χ4n) is 2.40. The van der Waals surface area contributed by atoms with E-state index in [2.05, 4.69) is 18.3 Å². The van der Waals surface area contributed by atoms with Crippen molar-refractivity contribution in [3.05, 3.63) is 23.8 Å². The molecule has 1 fully saturated rings. The van der Waals surface area contributed by atoms with Crippen molar-refractivity contribution in [3.8, 4) is 5.75 Å². The van der Waals surface area contributed by atoms with Crippen LogP contribution >= 0.6 is 0 Å². The maximum atomic E-state index is 6.00. The molecule has 1 heterocycles. The molecule has 0 radical (unpaired) electrons. The number of nitrogen functional groups attached to an aromatic ring is 1. The van der Waals surface area contributed by atoms with Crippen molar-refractivity contribution in [1.29, 1.82) is 0 Å². The average Bonchev–Trinajstić information content (AvgIpc) is 2.96. The minimum Gasteiger partial charge on any atom is -0.491 e. The van der Waals surface area contributed by atoms with E-state index in [4.69, 9.17) is 15.2 Å². The predicted molar refractivity (Wildman–Crippen MR) is 82.2 cm³/mol. The van der Waals surface area contributed by atoms with Crippen LogP contribution in [0.4, 0.5) is 5.69 Å². The lowest BCUT2D eigenvalue weighted by molar-refractivity contribution is 0.110. The van der Waals surface area contributed by atoms with Gasteiger partial charge in [-0.3, -0.25) is 0 Å². The van der Waals surface area contributed by atoms with Gasteiger partial charge in [-0.25, -0.2) is 0 Å². The first-order valence-corrected chi connectivity index (χ1v) is 7.63. The third-order valence-electron chi connectivity index (χ3n) is 3.52. The first-order valence-electron chi connectivity index (χ1n) is 7.63. The second kappa shape index (κ2) is 8.12. The van der Waals surface area contributed by atoms with E-state index in [0.29, 0.717) is 12.7 Å². The van der Waals surface area contributed by atoms with E-state index in [-0.39, 0.29) is 0 Å². The van der Waals surface area contributed by atoms with Gasteiger partial charge in [0.05, 0.1) is 18.4 Å². The van der Waals surface area contributed by atoms with Crippen LogP contribution in [0.1, 0.15) is 31.7 Å². The molecule has 0 aromatic heterocycles. The van der Waals surface area contributed by atoms with Crippen LogP contribution in [-0.4, -0.2) is 32.4 Å². The summed E-state index contributed by atoms with van der Waals surface area (Å²) in [7, 11) is 0. The van der Waals surface area contributed by atoms with E-state index in [1.54, 1.807) is 0 Å². The molecule has 1 aliphatic heterocycles. The summed E-state index contributed by atoms with van der Waals surface area (Å²) in [6.45, 7) is 5.63. The molecule has 4 nitrogen and oxygen atoms in total. The minimum absolute atomic E-state index is 0.407. The van der Waals surface area contributed by atoms with Crippen molar-refractivity contribution in [2.24, 2.45) is 0 Å². The second-order valence-electron chi connectivity index (χ2n) is 5.31. The first-order chi connectivity index (χ1) is 9.79. The molecular formula is C16H26N2O2. The highest BCUT2D eigenvalue weighted by Gasteiger charge is 2.14. The molecule has 112 valence electrons. The number of hydrogen-bond acceptors (Lipinski definition) is 4. The monoisotopic (exact) mass is 278 g/mol. The van der Waals surface area contributed by atoms with Crippen LogP contribution in [0.25, 0.3) is 0 Å². The Hall–Kier alpha value is -1.26. The Morgan fingerprint density at radius 3 is 3.05 bits per heavy atom. The molecular weight excluding hydrogens is 252 g/mol. The summed E-state index contributed by atoms with van der Waals surface area (Å²) in [5.74, 6) is 0.794. The normalized spacial score (nSPS) is 18.4. The summed E-state index contributed by atoms with van der Waals surface area (Å²) in [6.07, 6.45) is 4.76. The molecule has 0 bridgehead atoms. The molecule has 2 rings (SSSR count). The summed E-state index contributed by atoms with van der Waals surface area (Å²) in [6, 6.07) is 6.08. The molecule has 0 aliphatic carbocycles. The van der Waals surface area contributed by atoms with E-state index in [9.17, 15) is 0 Å². The molecule has 20 heavy (non-hydrogen) atoms. The number of nitrogens with two attached hydrogens (primary N) is 1. The Balaban J connectivity index is 1.71. The van der Waals surface area contributed by atoms with Crippen molar-refractivity contribution < 1.29 is 9.47 Å². The van der Waals surface area contributed by atoms with Crippen molar-refractivity contribution in [1.82, 2.24) is 5.32 Å². The van der Waals surface area contributed by atoms with E-state index < -0.39 is 0 Å². The zero-order chi connectivity index (χ0) is 14.2. The Kier molecular flexibility index (Phi) is 6.15. The zero-order valence-corrected chi connectivity index (χ0v) is 12.4. The lowest BCUT2D eigenvalue weighted by Gasteiger charge is -2.12. The fraction of sp³-hybridized carbons (Fsp3) is 0.625. The van der Waals surface area contributed by atoms with Gasteiger partial charge in [-0.1, -0.05) is 13.0 Å². The molecule has 0 saturated carbocycles. The van der Waals surface area contributed by atoms with Crippen molar-refractivity contribution in [3.63, 3.8) is 0 Å². The van der Waals surface area contributed by atoms with Crippen molar-refractivity contribution >= 4 is 5.69 Å². The minimum atomic E-state index is 0.407. The maximum absolute atomic E-state index is 6.00. The molecule has 0 spiro atoms. The molecule has 1 aromatic rings. The molecule has 1 aliphatic rings. The Morgan fingerprint density at radius 2 is 2.35 bits per heavy atom. The van der Waals surface area contributed by atoms with Gasteiger partial charge in [-0.15, -0.1) is 0 Å². The van der Waals surface area contributed by atoms with Crippen molar-refractivity contribution in [2.75, 3.05) is 32.0 Å². The Morgan fingerprint density at radius 1 is 1.45 bits per heavy atom. The number of hydrogen-bond donors (Lipinski definition) is 2. The zero-order valence-electron chi connectivity index (χ0n) is 12.4. The number of anilines is 1. The summed E-state index contributed by atoms with van der Waals surface area (Å²) in [5.41, 5.74) is 7.97. The highest BCUT2D eigenvalue weighted by atomic mass is 16.5. The Labute approximate surface area is 121 Å². The summed E-state index contributed by atoms with van der Waals surface area (Å²) in [5, 5.41) is 3.45. The molecule has 3 N–H and O–H groups in total. The highest BCUT2D eigenvalue weighted by Crippen LogP contribution is 2.22. The van der Waals surface area contributed by atoms with E-state index in [1.807, 2.05) is 12.1 Å². The maximum Gasteiger partial charge on any atom is 0.142 e. The molecule has 4 heteroatoms. The van der Waals surface area contributed by atoms with E-state index >= 15 is 0 Å². The van der Waals surface area contributed by atoms with Crippen molar-refractivity contribution in [2.45, 2.75) is 38.7 Å². The quantitative estimate of drug-likeness (QED) is 0.566. The Bertz CT molecular complexity index is 403. The van der Waals surface area contributed by atoms with Gasteiger partial charge in [-0.2, -0.15) is 0 Å². The molecule has 1 saturated heterocycles. The van der Waals surface area contributed by atoms with Gasteiger partial charge in [-0.05, 0) is 49.9 Å². The fourth-order valence-corrected chi connectivity index (χ4v) is 2.40. The van der Waals surface area contributed by atoms with Crippen LogP contribution in [0.2, 0.25) is 0 Å². The van der Waals surface area contributed by atoms with Gasteiger partial charge < -0.3 is 20.5 Å². The summed E-state index contributed by atoms with van der Waals surface area (Å²) >= 11 is 0. The van der Waals surface area contributed by atoms with Gasteiger partial charge >= 0.3 is 0 Å². The number of nitrogens with one attached hydrogen (secondary N) is 1. The van der Waals surface area contributed by atoms with Crippen LogP contribution in [0, 0.1) is 0 Å². The van der Waals surface area contributed by atoms with Gasteiger partial charge in [0.2, 0.25) is 0 Å². The smallest absolute Gasteiger partial charge is 0.142 e. The highest BCUT2D eigenvalue weighted by molar-refractivity contribution is 5.54. The van der Waals surface area contributed by atoms with Gasteiger partial charge in [0.15, 0.2) is 0 Å². The SMILES string of the molecule is CCCOc1ccc(CCNCC2CCCO2)cc1N. The second-order valence-corrected chi connectivity index (χ2v) is 5.31. The lowest BCUT2D eigenvalue weighted by Crippen LogP contribution is -2.27. The topological polar surface area (TPSA) is 56.5 Å². The lowest BCUT2D eigenvalue weighted by atomic mass is 10.1. The molecule has 1 atom stereocenters. The standard InChI is InChI=1S/C16H26N2O2/c1-2-9-20-16-6-5-13(11-15(16)17)7-8-18-12-14-4-3-10-19-14/h5-6,11,14,18H,2-4,7-10,12,17H2,1H3. The third-order valence-corrected chi connectivity index (χ3v) is 3.52. The third kappa shape index (κ3) is 4.69. The molecule has 1 aromatic carbocycles. The van der Waals surface area contributed by atoms with Crippen LogP contribution in [-0.2, 0) is 11.2 Å². The van der Waals surface area contributed by atoms with Gasteiger partial charge in [0.1, 0.15) is 5.75 Å². The van der Waals surface area contributed by atoms with E-state index in [0.717, 1.165) is 44.0 Å². The van der Waals surface area contributed by atoms with Crippen LogP contribution in [0.15, 0.2) is 18.2 Å². The first kappa shape index (κ1) is 15.1. The number of rotatable bonds is 8. The molecule has 1 unspecified atom stereocenters. The van der Waals surface area contributed by atoms with Gasteiger partial charge in [0, 0.05) is 13.2 Å². The number of ether oxygens (including phenoxy) is 2. The molecule has 0 amide bonds. The predicted octanol–water partition coefficient (Wildman–Crippen LogP) is 2.37. The summed E-state index contributed by atoms with van der Waals surface area (Å²) in [4.78, 5) is 0. The number of benzene rings is 1. The van der Waals surface area contributed by atoms with E-state index in [1.165, 1.54) is 18.4 Å². The van der Waals surface area contributed by atoms with Crippen LogP contribution in [0.3, 0.4) is 0 Å². The largest absolute Gasteiger partial charge is 0.491 e.